The van der Waals surface area contributed by atoms with Crippen LogP contribution in [0, 0.1) is 17.7 Å². The lowest BCUT2D eigenvalue weighted by Crippen LogP contribution is -2.30. The number of aromatic nitrogens is 3. The van der Waals surface area contributed by atoms with Crippen LogP contribution >= 0.6 is 0 Å². The van der Waals surface area contributed by atoms with Gasteiger partial charge >= 0.3 is 0 Å². The van der Waals surface area contributed by atoms with Gasteiger partial charge in [0.05, 0.1) is 11.0 Å². The number of nitrogens with zero attached hydrogens (tertiary/aromatic N) is 2. The summed E-state index contributed by atoms with van der Waals surface area (Å²) in [5.41, 5.74) is -0.190. The average Bonchev–Trinajstić information content (AvgIpc) is 3.03. The Bertz CT molecular complexity index is 664. The lowest BCUT2D eigenvalue weighted by molar-refractivity contribution is 0.0180. The van der Waals surface area contributed by atoms with E-state index in [4.69, 9.17) is 0 Å². The zero-order valence-corrected chi connectivity index (χ0v) is 13.2. The van der Waals surface area contributed by atoms with Crippen molar-refractivity contribution in [3.8, 4) is 0 Å². The van der Waals surface area contributed by atoms with E-state index in [0.29, 0.717) is 22.8 Å². The molecule has 1 fully saturated rings. The number of fused-ring (bicyclic) bond motifs is 1. The van der Waals surface area contributed by atoms with Crippen molar-refractivity contribution in [2.75, 3.05) is 5.32 Å². The highest BCUT2D eigenvalue weighted by molar-refractivity contribution is 5.87. The minimum Gasteiger partial charge on any atom is -0.390 e. The molecule has 2 aromatic rings. The van der Waals surface area contributed by atoms with Crippen LogP contribution in [0.4, 0.5) is 10.2 Å². The second-order valence-corrected chi connectivity index (χ2v) is 6.82. The first-order chi connectivity index (χ1) is 10.4. The Balaban J connectivity index is 1.86. The fourth-order valence-electron chi connectivity index (χ4n) is 3.54. The number of aliphatic hydroxyl groups is 1. The van der Waals surface area contributed by atoms with Gasteiger partial charge in [0.2, 0.25) is 0 Å². The minimum absolute atomic E-state index is 0.189. The molecular weight excluding hydrogens is 283 g/mol. The van der Waals surface area contributed by atoms with E-state index in [-0.39, 0.29) is 17.8 Å². The molecule has 1 aliphatic rings. The molecule has 0 saturated heterocycles. The molecule has 120 valence electrons. The molecule has 0 radical (unpaired) electrons. The van der Waals surface area contributed by atoms with Crippen LogP contribution in [-0.2, 0) is 0 Å². The number of nitrogens with one attached hydrogen (secondary N) is 2. The number of aromatic amines is 1. The zero-order valence-electron chi connectivity index (χ0n) is 13.2. The number of H-pyrrole nitrogens is 1. The predicted molar refractivity (Wildman–Crippen MR) is 84.1 cm³/mol. The van der Waals surface area contributed by atoms with Crippen LogP contribution in [0.25, 0.3) is 11.0 Å². The van der Waals surface area contributed by atoms with Crippen LogP contribution in [0.2, 0.25) is 0 Å². The predicted octanol–water partition coefficient (Wildman–Crippen LogP) is 3.08. The summed E-state index contributed by atoms with van der Waals surface area (Å²) in [6, 6.07) is 0.189. The van der Waals surface area contributed by atoms with Crippen molar-refractivity contribution < 1.29 is 9.50 Å². The van der Waals surface area contributed by atoms with Crippen LogP contribution < -0.4 is 5.32 Å². The lowest BCUT2D eigenvalue weighted by atomic mass is 9.88. The van der Waals surface area contributed by atoms with E-state index >= 15 is 0 Å². The zero-order chi connectivity index (χ0) is 15.9. The van der Waals surface area contributed by atoms with E-state index in [0.717, 1.165) is 19.3 Å². The number of hydrogen-bond acceptors (Lipinski definition) is 4. The summed E-state index contributed by atoms with van der Waals surface area (Å²) in [6.07, 6.45) is 5.59. The SMILES string of the molecule is CCC1CC(C(C)(C)O)CC1Nc1ncnc2[nH]cc(F)c12. The molecule has 0 aliphatic heterocycles. The molecule has 1 aliphatic carbocycles. The third-order valence-electron chi connectivity index (χ3n) is 4.96. The molecular formula is C16H23FN4O. The summed E-state index contributed by atoms with van der Waals surface area (Å²) < 4.78 is 13.9. The van der Waals surface area contributed by atoms with Crippen LogP contribution in [0.5, 0.6) is 0 Å². The van der Waals surface area contributed by atoms with Crippen LogP contribution in [-0.4, -0.2) is 31.7 Å². The maximum atomic E-state index is 13.9. The van der Waals surface area contributed by atoms with Gasteiger partial charge in [-0.15, -0.1) is 0 Å². The van der Waals surface area contributed by atoms with Gasteiger partial charge in [-0.3, -0.25) is 0 Å². The van der Waals surface area contributed by atoms with Crippen molar-refractivity contribution in [2.24, 2.45) is 11.8 Å². The lowest BCUT2D eigenvalue weighted by Gasteiger charge is -2.25. The Hall–Kier alpha value is -1.69. The van der Waals surface area contributed by atoms with Crippen LogP contribution in [0.1, 0.15) is 40.0 Å². The Morgan fingerprint density at radius 3 is 2.86 bits per heavy atom. The van der Waals surface area contributed by atoms with E-state index in [2.05, 4.69) is 27.2 Å². The largest absolute Gasteiger partial charge is 0.390 e. The van der Waals surface area contributed by atoms with Gasteiger partial charge in [0.15, 0.2) is 5.82 Å². The van der Waals surface area contributed by atoms with Gasteiger partial charge in [0, 0.05) is 12.2 Å². The number of halogens is 1. The summed E-state index contributed by atoms with van der Waals surface area (Å²) in [4.78, 5) is 11.1. The van der Waals surface area contributed by atoms with Crippen molar-refractivity contribution in [2.45, 2.75) is 51.7 Å². The Kier molecular flexibility index (Phi) is 3.80. The molecule has 22 heavy (non-hydrogen) atoms. The summed E-state index contributed by atoms with van der Waals surface area (Å²) in [5.74, 6) is 0.874. The first kappa shape index (κ1) is 15.2. The van der Waals surface area contributed by atoms with E-state index in [1.165, 1.54) is 12.5 Å². The highest BCUT2D eigenvalue weighted by Crippen LogP contribution is 2.41. The van der Waals surface area contributed by atoms with Crippen molar-refractivity contribution in [3.05, 3.63) is 18.3 Å². The van der Waals surface area contributed by atoms with Crippen LogP contribution in [0.15, 0.2) is 12.5 Å². The third kappa shape index (κ3) is 2.67. The highest BCUT2D eigenvalue weighted by Gasteiger charge is 2.40. The standard InChI is InChI=1S/C16H23FN4O/c1-4-9-5-10(16(2,3)22)6-12(9)21-15-13-11(17)7-18-14(13)19-8-20-15/h7-10,12,22H,4-6H2,1-3H3,(H2,18,19,20,21). The molecule has 0 bridgehead atoms. The topological polar surface area (TPSA) is 73.8 Å². The molecule has 3 unspecified atom stereocenters. The van der Waals surface area contributed by atoms with Gasteiger partial charge < -0.3 is 15.4 Å². The van der Waals surface area contributed by atoms with E-state index in [1.807, 2.05) is 13.8 Å². The molecule has 0 spiro atoms. The first-order valence-electron chi connectivity index (χ1n) is 7.86. The Labute approximate surface area is 129 Å². The third-order valence-corrected chi connectivity index (χ3v) is 4.96. The molecule has 0 amide bonds. The minimum atomic E-state index is -0.690. The van der Waals surface area contributed by atoms with Gasteiger partial charge in [-0.1, -0.05) is 13.3 Å². The smallest absolute Gasteiger partial charge is 0.153 e. The van der Waals surface area contributed by atoms with Crippen molar-refractivity contribution >= 4 is 16.9 Å². The second-order valence-electron chi connectivity index (χ2n) is 6.82. The van der Waals surface area contributed by atoms with Gasteiger partial charge in [-0.2, -0.15) is 0 Å². The summed E-state index contributed by atoms with van der Waals surface area (Å²) in [5, 5.41) is 14.1. The van der Waals surface area contributed by atoms with Gasteiger partial charge in [0.1, 0.15) is 17.8 Å². The van der Waals surface area contributed by atoms with Gasteiger partial charge in [-0.25, -0.2) is 14.4 Å². The molecule has 6 heteroatoms. The average molecular weight is 306 g/mol. The fraction of sp³-hybridized carbons (Fsp3) is 0.625. The Morgan fingerprint density at radius 1 is 1.41 bits per heavy atom. The summed E-state index contributed by atoms with van der Waals surface area (Å²) in [6.45, 7) is 5.88. The maximum absolute atomic E-state index is 13.9. The van der Waals surface area contributed by atoms with E-state index < -0.39 is 5.60 Å². The quantitative estimate of drug-likeness (QED) is 0.811. The number of rotatable bonds is 4. The fourth-order valence-corrected chi connectivity index (χ4v) is 3.54. The van der Waals surface area contributed by atoms with E-state index in [9.17, 15) is 9.50 Å². The van der Waals surface area contributed by atoms with Crippen LogP contribution in [0.3, 0.4) is 0 Å². The molecule has 1 saturated carbocycles. The molecule has 0 aromatic carbocycles. The summed E-state index contributed by atoms with van der Waals surface area (Å²) in [7, 11) is 0. The normalized spacial score (nSPS) is 25.8. The van der Waals surface area contributed by atoms with Gasteiger partial charge in [-0.05, 0) is 38.5 Å². The van der Waals surface area contributed by atoms with Crippen molar-refractivity contribution in [3.63, 3.8) is 0 Å². The molecule has 3 rings (SSSR count). The summed E-state index contributed by atoms with van der Waals surface area (Å²) >= 11 is 0. The highest BCUT2D eigenvalue weighted by atomic mass is 19.1. The number of anilines is 1. The first-order valence-corrected chi connectivity index (χ1v) is 7.86. The van der Waals surface area contributed by atoms with Crippen molar-refractivity contribution in [1.29, 1.82) is 0 Å². The molecule has 5 nitrogen and oxygen atoms in total. The Morgan fingerprint density at radius 2 is 2.18 bits per heavy atom. The second kappa shape index (κ2) is 5.50. The van der Waals surface area contributed by atoms with Crippen molar-refractivity contribution in [1.82, 2.24) is 15.0 Å². The monoisotopic (exact) mass is 306 g/mol. The molecule has 3 N–H and O–H groups in total. The number of hydrogen-bond donors (Lipinski definition) is 3. The van der Waals surface area contributed by atoms with Gasteiger partial charge in [0.25, 0.3) is 0 Å². The maximum Gasteiger partial charge on any atom is 0.153 e. The van der Waals surface area contributed by atoms with E-state index in [1.54, 1.807) is 0 Å². The molecule has 2 heterocycles. The molecule has 2 aromatic heterocycles. The molecule has 3 atom stereocenters.